The van der Waals surface area contributed by atoms with Gasteiger partial charge in [0.25, 0.3) is 5.91 Å². The number of carbonyl (C=O) groups excluding carboxylic acids is 2. The Kier molecular flexibility index (Phi) is 7.62. The summed E-state index contributed by atoms with van der Waals surface area (Å²) >= 11 is 5.75. The van der Waals surface area contributed by atoms with Crippen LogP contribution < -0.4 is 15.4 Å². The molecule has 160 valence electrons. The molecule has 0 aromatic heterocycles. The van der Waals surface area contributed by atoms with Gasteiger partial charge in [0.05, 0.1) is 18.6 Å². The summed E-state index contributed by atoms with van der Waals surface area (Å²) in [5.41, 5.74) is 2.97. The Bertz CT molecular complexity index is 1050. The minimum absolute atomic E-state index is 0.0186. The third kappa shape index (κ3) is 6.55. The van der Waals surface area contributed by atoms with Gasteiger partial charge in [-0.05, 0) is 53.1 Å². The van der Waals surface area contributed by atoms with Gasteiger partial charge in [0, 0.05) is 18.7 Å². The van der Waals surface area contributed by atoms with Crippen molar-refractivity contribution in [1.82, 2.24) is 10.6 Å². The molecule has 7 heteroatoms. The number of halogens is 2. The molecule has 0 radical (unpaired) electrons. The molecule has 0 aliphatic heterocycles. The number of rotatable bonds is 8. The van der Waals surface area contributed by atoms with Gasteiger partial charge < -0.3 is 15.4 Å². The van der Waals surface area contributed by atoms with Crippen LogP contribution in [0.4, 0.5) is 4.39 Å². The van der Waals surface area contributed by atoms with Gasteiger partial charge in [-0.15, -0.1) is 0 Å². The number of methoxy groups -OCH3 is 1. The Hall–Kier alpha value is -3.38. The molecule has 2 amide bonds. The molecule has 0 heterocycles. The van der Waals surface area contributed by atoms with Gasteiger partial charge in [-0.25, -0.2) is 4.39 Å². The fourth-order valence-electron chi connectivity index (χ4n) is 2.90. The molecule has 3 aromatic carbocycles. The highest BCUT2D eigenvalue weighted by molar-refractivity contribution is 6.30. The van der Waals surface area contributed by atoms with E-state index < -0.39 is 5.82 Å². The first-order chi connectivity index (χ1) is 14.9. The molecule has 2 N–H and O–H groups in total. The second-order valence-corrected chi connectivity index (χ2v) is 7.34. The van der Waals surface area contributed by atoms with Crippen molar-refractivity contribution in [2.75, 3.05) is 7.11 Å². The van der Waals surface area contributed by atoms with Crippen LogP contribution in [0.25, 0.3) is 0 Å². The maximum atomic E-state index is 13.2. The molecule has 3 aromatic rings. The molecule has 0 unspecified atom stereocenters. The third-order valence-electron chi connectivity index (χ3n) is 4.67. The number of benzene rings is 3. The summed E-state index contributed by atoms with van der Waals surface area (Å²) in [4.78, 5) is 24.4. The average molecular weight is 441 g/mol. The van der Waals surface area contributed by atoms with Crippen molar-refractivity contribution >= 4 is 23.4 Å². The molecule has 0 saturated heterocycles. The van der Waals surface area contributed by atoms with Crippen molar-refractivity contribution in [3.8, 4) is 5.75 Å². The molecule has 31 heavy (non-hydrogen) atoms. The summed E-state index contributed by atoms with van der Waals surface area (Å²) in [6.07, 6.45) is 0.276. The lowest BCUT2D eigenvalue weighted by Gasteiger charge is -2.08. The second kappa shape index (κ2) is 10.6. The van der Waals surface area contributed by atoms with Crippen molar-refractivity contribution in [2.24, 2.45) is 0 Å². The maximum absolute atomic E-state index is 13.2. The zero-order valence-corrected chi connectivity index (χ0v) is 17.7. The van der Waals surface area contributed by atoms with Crippen molar-refractivity contribution in [3.05, 3.63) is 99.8 Å². The van der Waals surface area contributed by atoms with Crippen LogP contribution in [0.1, 0.15) is 27.0 Å². The van der Waals surface area contributed by atoms with Crippen LogP contribution in [0, 0.1) is 5.82 Å². The predicted octanol–water partition coefficient (Wildman–Crippen LogP) is 4.28. The van der Waals surface area contributed by atoms with E-state index in [1.807, 2.05) is 24.3 Å². The Morgan fingerprint density at radius 1 is 0.871 bits per heavy atom. The molecule has 0 aliphatic rings. The summed E-state index contributed by atoms with van der Waals surface area (Å²) in [6.45, 7) is 0.604. The molecule has 5 nitrogen and oxygen atoms in total. The lowest BCUT2D eigenvalue weighted by atomic mass is 10.1. The van der Waals surface area contributed by atoms with Crippen molar-refractivity contribution in [1.29, 1.82) is 0 Å². The third-order valence-corrected chi connectivity index (χ3v) is 4.96. The summed E-state index contributed by atoms with van der Waals surface area (Å²) in [6, 6.07) is 18.6. The van der Waals surface area contributed by atoms with Gasteiger partial charge in [0.2, 0.25) is 5.91 Å². The fraction of sp³-hybridized carbons (Fsp3) is 0.167. The zero-order valence-electron chi connectivity index (χ0n) is 17.0. The van der Waals surface area contributed by atoms with Crippen LogP contribution in [0.3, 0.4) is 0 Å². The van der Waals surface area contributed by atoms with E-state index in [1.54, 1.807) is 37.4 Å². The first-order valence-corrected chi connectivity index (χ1v) is 10.0. The van der Waals surface area contributed by atoms with Gasteiger partial charge in [0.1, 0.15) is 11.6 Å². The predicted molar refractivity (Wildman–Crippen MR) is 118 cm³/mol. The summed E-state index contributed by atoms with van der Waals surface area (Å²) in [7, 11) is 1.60. The molecule has 0 atom stereocenters. The monoisotopic (exact) mass is 440 g/mol. The SMILES string of the molecule is COc1ccc(CC(=O)NCc2ccc(C(=O)NCc3ccc(F)c(Cl)c3)cc2)cc1. The van der Waals surface area contributed by atoms with Crippen molar-refractivity contribution in [3.63, 3.8) is 0 Å². The van der Waals surface area contributed by atoms with E-state index in [-0.39, 0.29) is 29.8 Å². The van der Waals surface area contributed by atoms with Gasteiger partial charge in [-0.2, -0.15) is 0 Å². The van der Waals surface area contributed by atoms with Crippen LogP contribution >= 0.6 is 11.6 Å². The topological polar surface area (TPSA) is 67.4 Å². The van der Waals surface area contributed by atoms with E-state index in [4.69, 9.17) is 16.3 Å². The first-order valence-electron chi connectivity index (χ1n) is 9.65. The summed E-state index contributed by atoms with van der Waals surface area (Å²) < 4.78 is 18.3. The number of carbonyl (C=O) groups is 2. The van der Waals surface area contributed by atoms with E-state index in [0.29, 0.717) is 17.7 Å². The largest absolute Gasteiger partial charge is 0.497 e. The number of hydrogen-bond donors (Lipinski definition) is 2. The quantitative estimate of drug-likeness (QED) is 0.549. The van der Waals surface area contributed by atoms with Gasteiger partial charge in [0.15, 0.2) is 0 Å². The van der Waals surface area contributed by atoms with Crippen LogP contribution in [-0.4, -0.2) is 18.9 Å². The highest BCUT2D eigenvalue weighted by atomic mass is 35.5. The summed E-state index contributed by atoms with van der Waals surface area (Å²) in [5, 5.41) is 5.65. The Morgan fingerprint density at radius 3 is 2.13 bits per heavy atom. The molecule has 0 bridgehead atoms. The minimum Gasteiger partial charge on any atom is -0.497 e. The van der Waals surface area contributed by atoms with E-state index in [1.165, 1.54) is 12.1 Å². The average Bonchev–Trinajstić information content (AvgIpc) is 2.79. The molecular weight excluding hydrogens is 419 g/mol. The first kappa shape index (κ1) is 22.3. The molecule has 0 saturated carbocycles. The van der Waals surface area contributed by atoms with Crippen LogP contribution in [0.5, 0.6) is 5.75 Å². The Morgan fingerprint density at radius 2 is 1.48 bits per heavy atom. The van der Waals surface area contributed by atoms with Gasteiger partial charge in [-0.1, -0.05) is 41.9 Å². The Labute approximate surface area is 185 Å². The minimum atomic E-state index is -0.497. The second-order valence-electron chi connectivity index (χ2n) is 6.93. The molecule has 0 spiro atoms. The highest BCUT2D eigenvalue weighted by Crippen LogP contribution is 2.16. The van der Waals surface area contributed by atoms with E-state index in [2.05, 4.69) is 10.6 Å². The van der Waals surface area contributed by atoms with Crippen molar-refractivity contribution in [2.45, 2.75) is 19.5 Å². The molecule has 0 aliphatic carbocycles. The number of nitrogens with one attached hydrogen (secondary N) is 2. The van der Waals surface area contributed by atoms with Crippen molar-refractivity contribution < 1.29 is 18.7 Å². The normalized spacial score (nSPS) is 10.4. The van der Waals surface area contributed by atoms with Crippen LogP contribution in [0.2, 0.25) is 5.02 Å². The van der Waals surface area contributed by atoms with E-state index in [0.717, 1.165) is 16.9 Å². The molecule has 0 fully saturated rings. The molecule has 3 rings (SSSR count). The zero-order chi connectivity index (χ0) is 22.2. The number of ether oxygens (including phenoxy) is 1. The maximum Gasteiger partial charge on any atom is 0.251 e. The van der Waals surface area contributed by atoms with Crippen LogP contribution in [0.15, 0.2) is 66.7 Å². The number of hydrogen-bond acceptors (Lipinski definition) is 3. The van der Waals surface area contributed by atoms with Gasteiger partial charge >= 0.3 is 0 Å². The van der Waals surface area contributed by atoms with E-state index in [9.17, 15) is 14.0 Å². The fourth-order valence-corrected chi connectivity index (χ4v) is 3.10. The lowest BCUT2D eigenvalue weighted by Crippen LogP contribution is -2.25. The van der Waals surface area contributed by atoms with Gasteiger partial charge in [-0.3, -0.25) is 9.59 Å². The van der Waals surface area contributed by atoms with E-state index >= 15 is 0 Å². The molecular formula is C24H22ClFN2O3. The highest BCUT2D eigenvalue weighted by Gasteiger charge is 2.08. The standard InChI is InChI=1S/C24H22ClFN2O3/c1-31-20-9-4-16(5-10-20)13-23(29)27-14-17-2-7-19(8-3-17)24(30)28-15-18-6-11-22(26)21(25)12-18/h2-12H,13-15H2,1H3,(H,27,29)(H,28,30). The summed E-state index contributed by atoms with van der Waals surface area (Å²) in [5.74, 6) is -0.0985. The Balaban J connectivity index is 1.46. The van der Waals surface area contributed by atoms with Crippen LogP contribution in [-0.2, 0) is 24.3 Å². The smallest absolute Gasteiger partial charge is 0.251 e. The lowest BCUT2D eigenvalue weighted by molar-refractivity contribution is -0.120. The number of amides is 2.